The van der Waals surface area contributed by atoms with Gasteiger partial charge in [0.05, 0.1) is 15.9 Å². The second-order valence-electron chi connectivity index (χ2n) is 5.62. The van der Waals surface area contributed by atoms with Gasteiger partial charge in [0, 0.05) is 13.1 Å². The highest BCUT2D eigenvalue weighted by molar-refractivity contribution is 7.92. The van der Waals surface area contributed by atoms with Gasteiger partial charge in [-0.15, -0.1) is 0 Å². The molecule has 0 atom stereocenters. The zero-order chi connectivity index (χ0) is 15.8. The Morgan fingerprint density at radius 2 is 1.67 bits per heavy atom. The summed E-state index contributed by atoms with van der Waals surface area (Å²) < 4.78 is 62.4. The van der Waals surface area contributed by atoms with Gasteiger partial charge in [-0.2, -0.15) is 4.31 Å². The fourth-order valence-electron chi connectivity index (χ4n) is 2.18. The number of halogens is 1. The molecule has 0 spiro atoms. The van der Waals surface area contributed by atoms with E-state index in [1.54, 1.807) is 0 Å². The highest BCUT2D eigenvalue weighted by Gasteiger charge is 2.43. The van der Waals surface area contributed by atoms with Crippen LogP contribution < -0.4 is 0 Å². The zero-order valence-corrected chi connectivity index (χ0v) is 13.5. The van der Waals surface area contributed by atoms with Crippen LogP contribution in [0.4, 0.5) is 4.39 Å². The van der Waals surface area contributed by atoms with Gasteiger partial charge in [0.2, 0.25) is 10.0 Å². The van der Waals surface area contributed by atoms with Crippen molar-refractivity contribution in [3.8, 4) is 0 Å². The first-order valence-corrected chi connectivity index (χ1v) is 9.76. The molecule has 1 heterocycles. The standard InChI is InChI=1S/C13H18FNO4S2/c1-10(2)9-20(16,17)13-7-15(8-13)21(18,19)12-5-3-11(14)4-6-12/h3-6,10,13H,7-9H2,1-2H3. The molecule has 0 N–H and O–H groups in total. The van der Waals surface area contributed by atoms with Crippen LogP contribution in [-0.4, -0.2) is 45.2 Å². The lowest BCUT2D eigenvalue weighted by Crippen LogP contribution is -2.57. The molecule has 0 saturated carbocycles. The van der Waals surface area contributed by atoms with E-state index in [1.165, 1.54) is 12.1 Å². The van der Waals surface area contributed by atoms with Crippen LogP contribution in [0.15, 0.2) is 29.2 Å². The molecule has 1 aromatic carbocycles. The average molecular weight is 335 g/mol. The van der Waals surface area contributed by atoms with E-state index in [1.807, 2.05) is 13.8 Å². The summed E-state index contributed by atoms with van der Waals surface area (Å²) in [5, 5.41) is -0.643. The minimum absolute atomic E-state index is 0.0118. The topological polar surface area (TPSA) is 71.5 Å². The number of sulfone groups is 1. The van der Waals surface area contributed by atoms with Crippen LogP contribution in [-0.2, 0) is 19.9 Å². The van der Waals surface area contributed by atoms with E-state index in [4.69, 9.17) is 0 Å². The van der Waals surface area contributed by atoms with Crippen LogP contribution in [0.25, 0.3) is 0 Å². The Labute approximate surface area is 124 Å². The van der Waals surface area contributed by atoms with Gasteiger partial charge in [-0.3, -0.25) is 0 Å². The van der Waals surface area contributed by atoms with E-state index in [0.29, 0.717) is 0 Å². The smallest absolute Gasteiger partial charge is 0.228 e. The molecule has 2 rings (SSSR count). The number of hydrogen-bond donors (Lipinski definition) is 0. The quantitative estimate of drug-likeness (QED) is 0.812. The van der Waals surface area contributed by atoms with Crippen molar-refractivity contribution < 1.29 is 21.2 Å². The van der Waals surface area contributed by atoms with Crippen molar-refractivity contribution in [1.82, 2.24) is 4.31 Å². The van der Waals surface area contributed by atoms with Crippen molar-refractivity contribution in [2.24, 2.45) is 5.92 Å². The van der Waals surface area contributed by atoms with Crippen LogP contribution in [0.2, 0.25) is 0 Å². The molecule has 0 aromatic heterocycles. The van der Waals surface area contributed by atoms with Crippen molar-refractivity contribution in [1.29, 1.82) is 0 Å². The molecule has 1 aliphatic rings. The SMILES string of the molecule is CC(C)CS(=O)(=O)C1CN(S(=O)(=O)c2ccc(F)cc2)C1. The van der Waals surface area contributed by atoms with E-state index in [-0.39, 0.29) is 29.7 Å². The summed E-state index contributed by atoms with van der Waals surface area (Å²) in [6.07, 6.45) is 0. The fourth-order valence-corrected chi connectivity index (χ4v) is 5.92. The Balaban J connectivity index is 2.09. The van der Waals surface area contributed by atoms with Gasteiger partial charge in [0.1, 0.15) is 5.82 Å². The molecule has 1 aliphatic heterocycles. The second-order valence-corrected chi connectivity index (χ2v) is 9.88. The van der Waals surface area contributed by atoms with Crippen molar-refractivity contribution in [2.45, 2.75) is 24.0 Å². The molecule has 0 bridgehead atoms. The summed E-state index contributed by atoms with van der Waals surface area (Å²) in [6.45, 7) is 3.55. The number of nitrogens with zero attached hydrogens (tertiary/aromatic N) is 1. The molecule has 1 saturated heterocycles. The molecule has 118 valence electrons. The minimum Gasteiger partial charge on any atom is -0.228 e. The Bertz CT molecular complexity index is 705. The third-order valence-electron chi connectivity index (χ3n) is 3.34. The van der Waals surface area contributed by atoms with E-state index >= 15 is 0 Å². The summed E-state index contributed by atoms with van der Waals surface area (Å²) in [5.41, 5.74) is 0. The second kappa shape index (κ2) is 5.66. The van der Waals surface area contributed by atoms with E-state index in [9.17, 15) is 21.2 Å². The molecule has 0 aliphatic carbocycles. The van der Waals surface area contributed by atoms with Gasteiger partial charge in [0.15, 0.2) is 9.84 Å². The first-order valence-electron chi connectivity index (χ1n) is 6.60. The van der Waals surface area contributed by atoms with Crippen molar-refractivity contribution in [2.75, 3.05) is 18.8 Å². The summed E-state index contributed by atoms with van der Waals surface area (Å²) in [4.78, 5) is -0.0244. The summed E-state index contributed by atoms with van der Waals surface area (Å²) in [6, 6.07) is 4.50. The normalized spacial score (nSPS) is 17.9. The van der Waals surface area contributed by atoms with Gasteiger partial charge in [-0.05, 0) is 30.2 Å². The van der Waals surface area contributed by atoms with Gasteiger partial charge in [-0.25, -0.2) is 21.2 Å². The highest BCUT2D eigenvalue weighted by atomic mass is 32.2. The molecule has 0 radical (unpaired) electrons. The Kier molecular flexibility index (Phi) is 4.41. The Morgan fingerprint density at radius 1 is 1.14 bits per heavy atom. The third kappa shape index (κ3) is 3.44. The fraction of sp³-hybridized carbons (Fsp3) is 0.538. The molecule has 5 nitrogen and oxygen atoms in total. The first kappa shape index (κ1) is 16.4. The molecule has 0 unspecified atom stereocenters. The van der Waals surface area contributed by atoms with E-state index in [0.717, 1.165) is 16.4 Å². The maximum Gasteiger partial charge on any atom is 0.243 e. The number of hydrogen-bond acceptors (Lipinski definition) is 4. The lowest BCUT2D eigenvalue weighted by molar-refractivity contribution is 0.309. The van der Waals surface area contributed by atoms with Crippen molar-refractivity contribution in [3.63, 3.8) is 0 Å². The lowest BCUT2D eigenvalue weighted by atomic mass is 10.3. The first-order chi connectivity index (χ1) is 9.63. The van der Waals surface area contributed by atoms with Crippen LogP contribution in [0, 0.1) is 11.7 Å². The number of sulfonamides is 1. The van der Waals surface area contributed by atoms with Gasteiger partial charge in [0.25, 0.3) is 0 Å². The molecular formula is C13H18FNO4S2. The largest absolute Gasteiger partial charge is 0.243 e. The monoisotopic (exact) mass is 335 g/mol. The van der Waals surface area contributed by atoms with Crippen LogP contribution in [0.1, 0.15) is 13.8 Å². The molecule has 8 heteroatoms. The number of rotatable bonds is 5. The van der Waals surface area contributed by atoms with Crippen LogP contribution >= 0.6 is 0 Å². The lowest BCUT2D eigenvalue weighted by Gasteiger charge is -2.37. The zero-order valence-electron chi connectivity index (χ0n) is 11.9. The highest BCUT2D eigenvalue weighted by Crippen LogP contribution is 2.26. The molecular weight excluding hydrogens is 317 g/mol. The maximum absolute atomic E-state index is 12.8. The average Bonchev–Trinajstić information content (AvgIpc) is 2.24. The summed E-state index contributed by atoms with van der Waals surface area (Å²) in [5.74, 6) is -0.449. The Hall–Kier alpha value is -0.990. The molecule has 1 aromatic rings. The number of benzene rings is 1. The van der Waals surface area contributed by atoms with Gasteiger partial charge >= 0.3 is 0 Å². The molecule has 0 amide bonds. The van der Waals surface area contributed by atoms with Gasteiger partial charge < -0.3 is 0 Å². The Morgan fingerprint density at radius 3 is 2.14 bits per heavy atom. The minimum atomic E-state index is -3.74. The van der Waals surface area contributed by atoms with E-state index in [2.05, 4.69) is 0 Å². The summed E-state index contributed by atoms with van der Waals surface area (Å²) >= 11 is 0. The van der Waals surface area contributed by atoms with Gasteiger partial charge in [-0.1, -0.05) is 13.8 Å². The maximum atomic E-state index is 12.8. The molecule has 21 heavy (non-hydrogen) atoms. The van der Waals surface area contributed by atoms with Crippen molar-refractivity contribution in [3.05, 3.63) is 30.1 Å². The van der Waals surface area contributed by atoms with Crippen LogP contribution in [0.3, 0.4) is 0 Å². The van der Waals surface area contributed by atoms with E-state index < -0.39 is 30.9 Å². The van der Waals surface area contributed by atoms with Crippen LogP contribution in [0.5, 0.6) is 0 Å². The predicted octanol–water partition coefficient (Wildman–Crippen LogP) is 1.27. The summed E-state index contributed by atoms with van der Waals surface area (Å²) in [7, 11) is -7.01. The van der Waals surface area contributed by atoms with Crippen molar-refractivity contribution >= 4 is 19.9 Å². The predicted molar refractivity (Wildman–Crippen MR) is 77.6 cm³/mol. The molecule has 1 fully saturated rings. The third-order valence-corrected chi connectivity index (χ3v) is 7.63.